The predicted octanol–water partition coefficient (Wildman–Crippen LogP) is 7.23. The lowest BCUT2D eigenvalue weighted by Crippen LogP contribution is -2.41. The number of nitrogens with zero attached hydrogens (tertiary/aromatic N) is 1. The van der Waals surface area contributed by atoms with Gasteiger partial charge in [-0.25, -0.2) is 9.86 Å². The topological polar surface area (TPSA) is 59.0 Å². The van der Waals surface area contributed by atoms with Crippen LogP contribution in [0.2, 0.25) is 0 Å². The van der Waals surface area contributed by atoms with E-state index in [4.69, 9.17) is 9.57 Å². The fourth-order valence-corrected chi connectivity index (χ4v) is 4.48. The van der Waals surface area contributed by atoms with E-state index < -0.39 is 23.7 Å². The van der Waals surface area contributed by atoms with Gasteiger partial charge in [0.15, 0.2) is 6.10 Å². The highest BCUT2D eigenvalue weighted by Gasteiger charge is 2.43. The van der Waals surface area contributed by atoms with Gasteiger partial charge in [-0.05, 0) is 60.9 Å². The van der Waals surface area contributed by atoms with E-state index in [1.165, 1.54) is 0 Å². The Bertz CT molecular complexity index is 1410. The SMILES string of the molecule is CC(C)(C)OC(=O)C1=C(O)[C@@H](c2ccccc2)ON(c2ccccc2)[C@H]1c1ccc2ccccc2c1. The number of hydrogen-bond donors (Lipinski definition) is 1. The van der Waals surface area contributed by atoms with Crippen molar-refractivity contribution in [1.29, 1.82) is 0 Å². The largest absolute Gasteiger partial charge is 0.508 e. The molecule has 0 bridgehead atoms. The van der Waals surface area contributed by atoms with Crippen LogP contribution in [0.25, 0.3) is 10.8 Å². The molecule has 1 heterocycles. The molecule has 2 atom stereocenters. The standard InChI is InChI=1S/C31H29NO4/c1-31(2,3)35-30(34)26-27(24-19-18-21-12-10-11-15-23(21)20-24)32(25-16-8-5-9-17-25)36-29(28(26)33)22-13-6-4-7-14-22/h4-20,27,29,33H,1-3H3/t27-,29+/m0/s1. The molecule has 0 saturated carbocycles. The maximum absolute atomic E-state index is 13.7. The van der Waals surface area contributed by atoms with E-state index in [9.17, 15) is 9.90 Å². The molecule has 0 radical (unpaired) electrons. The van der Waals surface area contributed by atoms with Crippen LogP contribution in [0.1, 0.15) is 44.0 Å². The van der Waals surface area contributed by atoms with E-state index in [0.717, 1.165) is 27.6 Å². The van der Waals surface area contributed by atoms with Crippen molar-refractivity contribution in [3.63, 3.8) is 0 Å². The number of fused-ring (bicyclic) bond motifs is 1. The highest BCUT2D eigenvalue weighted by Crippen LogP contribution is 2.45. The van der Waals surface area contributed by atoms with Crippen molar-refractivity contribution in [2.45, 2.75) is 38.5 Å². The third-order valence-electron chi connectivity index (χ3n) is 6.07. The Morgan fingerprint density at radius 1 is 0.806 bits per heavy atom. The van der Waals surface area contributed by atoms with Crippen LogP contribution >= 0.6 is 0 Å². The number of carbonyl (C=O) groups excluding carboxylic acids is 1. The maximum atomic E-state index is 13.7. The van der Waals surface area contributed by atoms with Crippen molar-refractivity contribution < 1.29 is 19.5 Å². The average molecular weight is 480 g/mol. The number of ether oxygens (including phenoxy) is 1. The number of benzene rings is 4. The van der Waals surface area contributed by atoms with Crippen LogP contribution in [0.3, 0.4) is 0 Å². The maximum Gasteiger partial charge on any atom is 0.340 e. The molecule has 0 saturated heterocycles. The zero-order chi connectivity index (χ0) is 25.3. The Hall–Kier alpha value is -4.09. The quantitative estimate of drug-likeness (QED) is 0.313. The minimum Gasteiger partial charge on any atom is -0.508 e. The fourth-order valence-electron chi connectivity index (χ4n) is 4.48. The van der Waals surface area contributed by atoms with Crippen LogP contribution in [-0.2, 0) is 14.4 Å². The van der Waals surface area contributed by atoms with Crippen molar-refractivity contribution in [3.8, 4) is 0 Å². The zero-order valence-electron chi connectivity index (χ0n) is 20.6. The lowest BCUT2D eigenvalue weighted by molar-refractivity contribution is -0.152. The van der Waals surface area contributed by atoms with E-state index >= 15 is 0 Å². The molecule has 1 aliphatic heterocycles. The molecule has 0 aromatic heterocycles. The average Bonchev–Trinajstić information content (AvgIpc) is 2.88. The number of para-hydroxylation sites is 1. The number of esters is 1. The lowest BCUT2D eigenvalue weighted by atomic mass is 9.90. The number of hydroxylamine groups is 1. The van der Waals surface area contributed by atoms with Gasteiger partial charge in [0.25, 0.3) is 0 Å². The van der Waals surface area contributed by atoms with Crippen LogP contribution in [0.5, 0.6) is 0 Å². The second-order valence-electron chi connectivity index (χ2n) is 9.87. The Morgan fingerprint density at radius 2 is 1.42 bits per heavy atom. The molecule has 0 amide bonds. The molecule has 5 rings (SSSR count). The molecular formula is C31H29NO4. The van der Waals surface area contributed by atoms with E-state index in [1.54, 1.807) is 5.06 Å². The first-order chi connectivity index (χ1) is 17.3. The second-order valence-corrected chi connectivity index (χ2v) is 9.87. The monoisotopic (exact) mass is 479 g/mol. The summed E-state index contributed by atoms with van der Waals surface area (Å²) in [6.07, 6.45) is -0.870. The normalized spacial score (nSPS) is 18.4. The first-order valence-corrected chi connectivity index (χ1v) is 12.0. The molecule has 4 aromatic carbocycles. The van der Waals surface area contributed by atoms with Crippen molar-refractivity contribution in [2.24, 2.45) is 0 Å². The minimum absolute atomic E-state index is 0.152. The summed E-state index contributed by atoms with van der Waals surface area (Å²) in [4.78, 5) is 20.2. The van der Waals surface area contributed by atoms with Crippen molar-refractivity contribution in [2.75, 3.05) is 5.06 Å². The van der Waals surface area contributed by atoms with E-state index in [0.29, 0.717) is 0 Å². The summed E-state index contributed by atoms with van der Waals surface area (Å²) in [6, 6.07) is 32.3. The number of hydrogen-bond acceptors (Lipinski definition) is 5. The molecule has 0 unspecified atom stereocenters. The number of aliphatic hydroxyl groups excluding tert-OH is 1. The molecule has 0 spiro atoms. The summed E-state index contributed by atoms with van der Waals surface area (Å²) < 4.78 is 5.82. The number of aliphatic hydroxyl groups is 1. The minimum atomic E-state index is -0.870. The van der Waals surface area contributed by atoms with Crippen LogP contribution in [0.15, 0.2) is 114 Å². The van der Waals surface area contributed by atoms with Gasteiger partial charge in [-0.2, -0.15) is 0 Å². The molecule has 36 heavy (non-hydrogen) atoms. The highest BCUT2D eigenvalue weighted by atomic mass is 16.7. The van der Waals surface area contributed by atoms with Crippen LogP contribution in [-0.4, -0.2) is 16.7 Å². The zero-order valence-corrected chi connectivity index (χ0v) is 20.6. The van der Waals surface area contributed by atoms with Crippen LogP contribution in [0.4, 0.5) is 5.69 Å². The van der Waals surface area contributed by atoms with E-state index in [2.05, 4.69) is 0 Å². The Morgan fingerprint density at radius 3 is 2.08 bits per heavy atom. The summed E-state index contributed by atoms with van der Waals surface area (Å²) in [5.74, 6) is -0.732. The van der Waals surface area contributed by atoms with Crippen molar-refractivity contribution in [1.82, 2.24) is 0 Å². The van der Waals surface area contributed by atoms with Gasteiger partial charge in [0.05, 0.1) is 5.69 Å². The van der Waals surface area contributed by atoms with Gasteiger partial charge in [0, 0.05) is 0 Å². The highest BCUT2D eigenvalue weighted by molar-refractivity contribution is 5.93. The van der Waals surface area contributed by atoms with Gasteiger partial charge in [0.2, 0.25) is 0 Å². The molecule has 5 nitrogen and oxygen atoms in total. The summed E-state index contributed by atoms with van der Waals surface area (Å²) in [5, 5.41) is 15.4. The van der Waals surface area contributed by atoms with Gasteiger partial charge in [-0.15, -0.1) is 0 Å². The summed E-state index contributed by atoms with van der Waals surface area (Å²) in [7, 11) is 0. The van der Waals surface area contributed by atoms with Crippen LogP contribution < -0.4 is 5.06 Å². The summed E-state index contributed by atoms with van der Waals surface area (Å²) >= 11 is 0. The predicted molar refractivity (Wildman–Crippen MR) is 141 cm³/mol. The van der Waals surface area contributed by atoms with Crippen molar-refractivity contribution >= 4 is 22.4 Å². The summed E-state index contributed by atoms with van der Waals surface area (Å²) in [5.41, 5.74) is 1.70. The Labute approximate surface area is 211 Å². The van der Waals surface area contributed by atoms with Crippen LogP contribution in [0, 0.1) is 0 Å². The second kappa shape index (κ2) is 9.51. The molecule has 0 aliphatic carbocycles. The Kier molecular flexibility index (Phi) is 6.25. The molecule has 5 heteroatoms. The third-order valence-corrected chi connectivity index (χ3v) is 6.07. The lowest BCUT2D eigenvalue weighted by Gasteiger charge is -2.41. The molecular weight excluding hydrogens is 450 g/mol. The number of carbonyl (C=O) groups is 1. The van der Waals surface area contributed by atoms with Gasteiger partial charge in [-0.3, -0.25) is 4.84 Å². The molecule has 4 aromatic rings. The molecule has 182 valence electrons. The molecule has 0 fully saturated rings. The first-order valence-electron chi connectivity index (χ1n) is 12.0. The van der Waals surface area contributed by atoms with Gasteiger partial charge >= 0.3 is 5.97 Å². The molecule has 1 N–H and O–H groups in total. The smallest absolute Gasteiger partial charge is 0.340 e. The van der Waals surface area contributed by atoms with E-state index in [-0.39, 0.29) is 11.3 Å². The Balaban J connectivity index is 1.74. The van der Waals surface area contributed by atoms with Gasteiger partial charge in [0.1, 0.15) is 23.0 Å². The number of anilines is 1. The summed E-state index contributed by atoms with van der Waals surface area (Å²) in [6.45, 7) is 5.45. The third kappa shape index (κ3) is 4.70. The molecule has 1 aliphatic rings. The van der Waals surface area contributed by atoms with Gasteiger partial charge < -0.3 is 9.84 Å². The fraction of sp³-hybridized carbons (Fsp3) is 0.194. The number of rotatable bonds is 4. The van der Waals surface area contributed by atoms with E-state index in [1.807, 2.05) is 124 Å². The van der Waals surface area contributed by atoms with Gasteiger partial charge in [-0.1, -0.05) is 84.9 Å². The first kappa shape index (κ1) is 23.6. The van der Waals surface area contributed by atoms with Crippen molar-refractivity contribution in [3.05, 3.63) is 126 Å².